The molecule has 0 saturated heterocycles. The van der Waals surface area contributed by atoms with Crippen LogP contribution in [0, 0.1) is 11.6 Å². The second-order valence-corrected chi connectivity index (χ2v) is 5.06. The van der Waals surface area contributed by atoms with E-state index in [0.717, 1.165) is 24.3 Å². The van der Waals surface area contributed by atoms with Crippen LogP contribution in [0.5, 0.6) is 11.5 Å². The van der Waals surface area contributed by atoms with Gasteiger partial charge in [-0.15, -0.1) is 0 Å². The van der Waals surface area contributed by atoms with Gasteiger partial charge in [0, 0.05) is 19.8 Å². The summed E-state index contributed by atoms with van der Waals surface area (Å²) >= 11 is 0. The summed E-state index contributed by atoms with van der Waals surface area (Å²) in [5.74, 6) is -1.67. The second-order valence-electron chi connectivity index (χ2n) is 5.06. The van der Waals surface area contributed by atoms with Crippen LogP contribution >= 0.6 is 0 Å². The predicted molar refractivity (Wildman–Crippen MR) is 91.2 cm³/mol. The maximum atomic E-state index is 13.7. The van der Waals surface area contributed by atoms with Crippen LogP contribution in [0.3, 0.4) is 0 Å². The average Bonchev–Trinajstić information content (AvgIpc) is 2.64. The molecule has 2 aromatic rings. The van der Waals surface area contributed by atoms with Crippen LogP contribution in [0.15, 0.2) is 42.5 Å². The van der Waals surface area contributed by atoms with E-state index in [-0.39, 0.29) is 36.2 Å². The molecular formula is C19H18F2O5. The molecule has 138 valence electrons. The van der Waals surface area contributed by atoms with E-state index in [1.54, 1.807) is 18.2 Å². The number of ether oxygens (including phenoxy) is 4. The van der Waals surface area contributed by atoms with Crippen molar-refractivity contribution in [3.8, 4) is 11.5 Å². The van der Waals surface area contributed by atoms with Crippen LogP contribution < -0.4 is 9.47 Å². The van der Waals surface area contributed by atoms with E-state index in [1.165, 1.54) is 20.3 Å². The summed E-state index contributed by atoms with van der Waals surface area (Å²) in [6, 6.07) is 8.21. The van der Waals surface area contributed by atoms with E-state index < -0.39 is 17.4 Å². The fraction of sp³-hybridized carbons (Fsp3) is 0.211. The number of carbonyl (C=O) groups is 1. The van der Waals surface area contributed by atoms with Crippen molar-refractivity contribution >= 4 is 11.9 Å². The monoisotopic (exact) mass is 364 g/mol. The van der Waals surface area contributed by atoms with E-state index in [4.69, 9.17) is 18.9 Å². The number of methoxy groups -OCH3 is 2. The average molecular weight is 364 g/mol. The Morgan fingerprint density at radius 3 is 1.92 bits per heavy atom. The number of carbonyl (C=O) groups excluding carboxylic acids is 1. The summed E-state index contributed by atoms with van der Waals surface area (Å²) in [6.07, 6.45) is 2.12. The highest BCUT2D eigenvalue weighted by atomic mass is 19.1. The molecular weight excluding hydrogens is 346 g/mol. The first kappa shape index (κ1) is 19.6. The molecule has 0 aliphatic carbocycles. The van der Waals surface area contributed by atoms with Gasteiger partial charge in [-0.25, -0.2) is 8.78 Å². The fourth-order valence-corrected chi connectivity index (χ4v) is 2.15. The third kappa shape index (κ3) is 4.87. The second kappa shape index (κ2) is 9.65. The summed E-state index contributed by atoms with van der Waals surface area (Å²) in [7, 11) is 2.88. The molecule has 0 aliphatic rings. The van der Waals surface area contributed by atoms with Gasteiger partial charge in [-0.1, -0.05) is 12.1 Å². The maximum Gasteiger partial charge on any atom is 0.193 e. The lowest BCUT2D eigenvalue weighted by atomic mass is 10.1. The van der Waals surface area contributed by atoms with Gasteiger partial charge in [0.05, 0.1) is 0 Å². The number of halogens is 2. The number of allylic oxidation sites excluding steroid dienone is 1. The van der Waals surface area contributed by atoms with Gasteiger partial charge in [-0.3, -0.25) is 4.79 Å². The zero-order valence-corrected chi connectivity index (χ0v) is 14.3. The van der Waals surface area contributed by atoms with E-state index in [1.807, 2.05) is 0 Å². The fourth-order valence-electron chi connectivity index (χ4n) is 2.15. The van der Waals surface area contributed by atoms with Crippen LogP contribution in [-0.2, 0) is 9.47 Å². The van der Waals surface area contributed by atoms with Gasteiger partial charge < -0.3 is 18.9 Å². The largest absolute Gasteiger partial charge is 0.467 e. The normalized spacial score (nSPS) is 10.9. The number of ketones is 1. The molecule has 7 heteroatoms. The third-order valence-corrected chi connectivity index (χ3v) is 3.30. The molecule has 0 unspecified atom stereocenters. The molecule has 0 fully saturated rings. The van der Waals surface area contributed by atoms with Crippen LogP contribution in [0.1, 0.15) is 15.9 Å². The number of hydrogen-bond donors (Lipinski definition) is 0. The van der Waals surface area contributed by atoms with Gasteiger partial charge in [0.2, 0.25) is 0 Å². The molecule has 26 heavy (non-hydrogen) atoms. The van der Waals surface area contributed by atoms with E-state index in [2.05, 4.69) is 0 Å². The number of hydrogen-bond acceptors (Lipinski definition) is 5. The summed E-state index contributed by atoms with van der Waals surface area (Å²) in [5, 5.41) is 0. The minimum atomic E-state index is -0.770. The third-order valence-electron chi connectivity index (χ3n) is 3.30. The van der Waals surface area contributed by atoms with Crippen molar-refractivity contribution < 1.29 is 32.5 Å². The van der Waals surface area contributed by atoms with E-state index in [0.29, 0.717) is 0 Å². The Kier molecular flexibility index (Phi) is 7.25. The lowest BCUT2D eigenvalue weighted by Gasteiger charge is -2.13. The molecule has 0 atom stereocenters. The van der Waals surface area contributed by atoms with Gasteiger partial charge in [0.1, 0.15) is 28.7 Å². The first-order chi connectivity index (χ1) is 12.6. The zero-order chi connectivity index (χ0) is 18.9. The van der Waals surface area contributed by atoms with Crippen molar-refractivity contribution in [2.75, 3.05) is 27.8 Å². The topological polar surface area (TPSA) is 54.0 Å². The van der Waals surface area contributed by atoms with Crippen molar-refractivity contribution in [1.82, 2.24) is 0 Å². The molecule has 2 rings (SSSR count). The molecule has 0 saturated carbocycles. The molecule has 0 heterocycles. The van der Waals surface area contributed by atoms with Crippen LogP contribution in [0.25, 0.3) is 6.08 Å². The zero-order valence-electron chi connectivity index (χ0n) is 14.3. The summed E-state index contributed by atoms with van der Waals surface area (Å²) in [6.45, 7) is -0.167. The molecule has 0 radical (unpaired) electrons. The molecule has 0 aliphatic heterocycles. The Hall–Kier alpha value is -2.77. The highest BCUT2D eigenvalue weighted by Crippen LogP contribution is 2.30. The van der Waals surface area contributed by atoms with Gasteiger partial charge in [-0.05, 0) is 36.4 Å². The van der Waals surface area contributed by atoms with Crippen molar-refractivity contribution in [3.63, 3.8) is 0 Å². The first-order valence-electron chi connectivity index (χ1n) is 7.61. The molecule has 0 N–H and O–H groups in total. The van der Waals surface area contributed by atoms with Gasteiger partial charge in [-0.2, -0.15) is 0 Å². The molecule has 0 spiro atoms. The lowest BCUT2D eigenvalue weighted by Crippen LogP contribution is -2.09. The first-order valence-corrected chi connectivity index (χ1v) is 7.61. The quantitative estimate of drug-likeness (QED) is 0.385. The Morgan fingerprint density at radius 1 is 0.923 bits per heavy atom. The number of rotatable bonds is 9. The minimum Gasteiger partial charge on any atom is -0.467 e. The molecule has 5 nitrogen and oxygen atoms in total. The Labute approximate surface area is 149 Å². The van der Waals surface area contributed by atoms with Crippen molar-refractivity contribution in [2.45, 2.75) is 0 Å². The smallest absolute Gasteiger partial charge is 0.193 e. The molecule has 0 bridgehead atoms. The highest BCUT2D eigenvalue weighted by molar-refractivity contribution is 6.10. The molecule has 0 amide bonds. The molecule has 2 aromatic carbocycles. The number of benzene rings is 2. The molecule has 0 aromatic heterocycles. The Bertz CT molecular complexity index is 743. The van der Waals surface area contributed by atoms with Gasteiger partial charge in [0.15, 0.2) is 19.4 Å². The van der Waals surface area contributed by atoms with E-state index >= 15 is 0 Å². The summed E-state index contributed by atoms with van der Waals surface area (Å²) in [4.78, 5) is 12.6. The SMILES string of the molecule is COCOc1cccc(OCOC)c1C(=O)/C=C/c1c(F)cccc1F. The Balaban J connectivity index is 2.37. The summed E-state index contributed by atoms with van der Waals surface area (Å²) < 4.78 is 47.9. The van der Waals surface area contributed by atoms with Crippen molar-refractivity contribution in [3.05, 3.63) is 65.2 Å². The van der Waals surface area contributed by atoms with Crippen molar-refractivity contribution in [1.29, 1.82) is 0 Å². The van der Waals surface area contributed by atoms with Crippen molar-refractivity contribution in [2.24, 2.45) is 0 Å². The minimum absolute atomic E-state index is 0.0837. The van der Waals surface area contributed by atoms with Crippen LogP contribution in [0.4, 0.5) is 8.78 Å². The van der Waals surface area contributed by atoms with Crippen LogP contribution in [0.2, 0.25) is 0 Å². The lowest BCUT2D eigenvalue weighted by molar-refractivity contribution is 0.0447. The predicted octanol–water partition coefficient (Wildman–Crippen LogP) is 3.83. The highest BCUT2D eigenvalue weighted by Gasteiger charge is 2.18. The van der Waals surface area contributed by atoms with Gasteiger partial charge >= 0.3 is 0 Å². The standard InChI is InChI=1S/C19H18F2O5/c1-23-11-25-17-7-4-8-18(26-12-24-2)19(17)16(22)10-9-13-14(20)5-3-6-15(13)21/h3-10H,11-12H2,1-2H3/b10-9+. The van der Waals surface area contributed by atoms with Crippen LogP contribution in [-0.4, -0.2) is 33.6 Å². The summed E-state index contributed by atoms with van der Waals surface area (Å²) in [5.41, 5.74) is -0.218. The Morgan fingerprint density at radius 2 is 1.42 bits per heavy atom. The van der Waals surface area contributed by atoms with Gasteiger partial charge in [0.25, 0.3) is 0 Å². The van der Waals surface area contributed by atoms with E-state index in [9.17, 15) is 13.6 Å². The maximum absolute atomic E-state index is 13.7.